The zero-order valence-electron chi connectivity index (χ0n) is 8.46. The third kappa shape index (κ3) is 8.31. The van der Waals surface area contributed by atoms with Crippen molar-refractivity contribution in [1.29, 1.82) is 0 Å². The summed E-state index contributed by atoms with van der Waals surface area (Å²) in [7, 11) is -3.55. The first-order valence-electron chi connectivity index (χ1n) is 4.40. The van der Waals surface area contributed by atoms with Crippen LogP contribution >= 0.6 is 0 Å². The van der Waals surface area contributed by atoms with Crippen molar-refractivity contribution in [3.05, 3.63) is 25.3 Å². The third-order valence-electron chi connectivity index (χ3n) is 1.36. The first-order valence-corrected chi connectivity index (χ1v) is 5.98. The van der Waals surface area contributed by atoms with Gasteiger partial charge in [0.05, 0.1) is 19.0 Å². The second kappa shape index (κ2) is 7.58. The molecule has 0 saturated carbocycles. The normalized spacial score (nSPS) is 13.4. The largest absolute Gasteiger partial charge is 0.368 e. The van der Waals surface area contributed by atoms with Crippen LogP contribution in [0, 0.1) is 0 Å². The van der Waals surface area contributed by atoms with Gasteiger partial charge in [0.15, 0.2) is 6.29 Å². The van der Waals surface area contributed by atoms with Crippen LogP contribution in [0.1, 0.15) is 6.42 Å². The number of ether oxygens (including phenoxy) is 1. The fourth-order valence-corrected chi connectivity index (χ4v) is 1.47. The van der Waals surface area contributed by atoms with Gasteiger partial charge in [0, 0.05) is 6.42 Å². The van der Waals surface area contributed by atoms with Crippen molar-refractivity contribution < 1.29 is 22.4 Å². The Morgan fingerprint density at radius 3 is 2.53 bits per heavy atom. The lowest BCUT2D eigenvalue weighted by Gasteiger charge is -2.10. The molecular weight excluding hydrogens is 220 g/mol. The first-order chi connectivity index (χ1) is 7.02. The summed E-state index contributed by atoms with van der Waals surface area (Å²) in [5.74, 6) is -0.239. The molecule has 0 aliphatic heterocycles. The SMILES string of the molecule is C=CCOC(O)CCOS(=O)(=O)CC=C. The van der Waals surface area contributed by atoms with Gasteiger partial charge in [0.2, 0.25) is 0 Å². The van der Waals surface area contributed by atoms with Gasteiger partial charge in [-0.1, -0.05) is 12.2 Å². The minimum Gasteiger partial charge on any atom is -0.368 e. The van der Waals surface area contributed by atoms with Gasteiger partial charge in [0.25, 0.3) is 10.1 Å². The molecule has 0 fully saturated rings. The van der Waals surface area contributed by atoms with Crippen LogP contribution in [0.15, 0.2) is 25.3 Å². The Labute approximate surface area is 90.1 Å². The molecule has 15 heavy (non-hydrogen) atoms. The quantitative estimate of drug-likeness (QED) is 0.357. The summed E-state index contributed by atoms with van der Waals surface area (Å²) in [4.78, 5) is 0. The number of aliphatic hydroxyl groups is 1. The molecule has 0 heterocycles. The van der Waals surface area contributed by atoms with Crippen LogP contribution in [0.25, 0.3) is 0 Å². The van der Waals surface area contributed by atoms with Crippen molar-refractivity contribution in [3.63, 3.8) is 0 Å². The lowest BCUT2D eigenvalue weighted by molar-refractivity contribution is -0.0971. The van der Waals surface area contributed by atoms with Gasteiger partial charge in [-0.2, -0.15) is 8.42 Å². The van der Waals surface area contributed by atoms with E-state index in [0.717, 1.165) is 0 Å². The molecule has 0 aliphatic rings. The predicted octanol–water partition coefficient (Wildman–Crippen LogP) is 0.430. The molecule has 6 heteroatoms. The van der Waals surface area contributed by atoms with E-state index < -0.39 is 16.4 Å². The molecule has 0 spiro atoms. The Hall–Kier alpha value is -0.690. The molecular formula is C9H16O5S. The van der Waals surface area contributed by atoms with Gasteiger partial charge in [-0.05, 0) is 0 Å². The van der Waals surface area contributed by atoms with Gasteiger partial charge < -0.3 is 9.84 Å². The van der Waals surface area contributed by atoms with Gasteiger partial charge in [-0.3, -0.25) is 4.18 Å². The number of rotatable bonds is 9. The molecule has 0 bridgehead atoms. The molecule has 0 aromatic carbocycles. The molecule has 0 amide bonds. The Morgan fingerprint density at radius 1 is 1.33 bits per heavy atom. The van der Waals surface area contributed by atoms with Crippen LogP contribution in [0.2, 0.25) is 0 Å². The fraction of sp³-hybridized carbons (Fsp3) is 0.556. The summed E-state index contributed by atoms with van der Waals surface area (Å²) < 4.78 is 31.4. The van der Waals surface area contributed by atoms with Crippen molar-refractivity contribution >= 4 is 10.1 Å². The lowest BCUT2D eigenvalue weighted by atomic mass is 10.4. The van der Waals surface area contributed by atoms with Gasteiger partial charge >= 0.3 is 0 Å². The third-order valence-corrected chi connectivity index (χ3v) is 2.53. The van der Waals surface area contributed by atoms with Gasteiger partial charge in [-0.15, -0.1) is 13.2 Å². The van der Waals surface area contributed by atoms with Crippen molar-refractivity contribution in [2.24, 2.45) is 0 Å². The second-order valence-electron chi connectivity index (χ2n) is 2.70. The van der Waals surface area contributed by atoms with Crippen LogP contribution < -0.4 is 0 Å². The standard InChI is InChI=1S/C9H16O5S/c1-3-6-13-9(10)5-7-14-15(11,12)8-4-2/h3-4,9-10H,1-2,5-8H2. The zero-order chi connectivity index (χ0) is 11.7. The average Bonchev–Trinajstić information content (AvgIpc) is 2.14. The Bertz CT molecular complexity index is 283. The van der Waals surface area contributed by atoms with E-state index in [9.17, 15) is 8.42 Å². The van der Waals surface area contributed by atoms with Crippen LogP contribution in [-0.2, 0) is 19.0 Å². The molecule has 0 rings (SSSR count). The van der Waals surface area contributed by atoms with E-state index in [2.05, 4.69) is 17.3 Å². The first kappa shape index (κ1) is 14.3. The average molecular weight is 236 g/mol. The van der Waals surface area contributed by atoms with Crippen molar-refractivity contribution in [1.82, 2.24) is 0 Å². The van der Waals surface area contributed by atoms with E-state index in [0.29, 0.717) is 0 Å². The molecule has 0 aromatic rings. The number of hydrogen-bond acceptors (Lipinski definition) is 5. The van der Waals surface area contributed by atoms with Crippen LogP contribution in [0.3, 0.4) is 0 Å². The highest BCUT2D eigenvalue weighted by Crippen LogP contribution is 1.99. The van der Waals surface area contributed by atoms with E-state index in [4.69, 9.17) is 9.84 Å². The molecule has 5 nitrogen and oxygen atoms in total. The Morgan fingerprint density at radius 2 is 2.00 bits per heavy atom. The molecule has 1 atom stereocenters. The molecule has 0 aliphatic carbocycles. The lowest BCUT2D eigenvalue weighted by Crippen LogP contribution is -2.17. The number of hydrogen-bond donors (Lipinski definition) is 1. The van der Waals surface area contributed by atoms with Crippen LogP contribution in [0.4, 0.5) is 0 Å². The predicted molar refractivity (Wildman–Crippen MR) is 56.7 cm³/mol. The molecule has 88 valence electrons. The van der Waals surface area contributed by atoms with E-state index in [1.54, 1.807) is 0 Å². The fourth-order valence-electron chi connectivity index (χ4n) is 0.731. The Kier molecular flexibility index (Phi) is 7.23. The van der Waals surface area contributed by atoms with Crippen molar-refractivity contribution in [2.75, 3.05) is 19.0 Å². The monoisotopic (exact) mass is 236 g/mol. The minimum atomic E-state index is -3.55. The highest BCUT2D eigenvalue weighted by Gasteiger charge is 2.10. The molecule has 1 unspecified atom stereocenters. The Balaban J connectivity index is 3.69. The highest BCUT2D eigenvalue weighted by molar-refractivity contribution is 7.86. The van der Waals surface area contributed by atoms with Crippen molar-refractivity contribution in [2.45, 2.75) is 12.7 Å². The van der Waals surface area contributed by atoms with Crippen molar-refractivity contribution in [3.8, 4) is 0 Å². The smallest absolute Gasteiger partial charge is 0.270 e. The summed E-state index contributed by atoms with van der Waals surface area (Å²) in [6.45, 7) is 6.78. The summed E-state index contributed by atoms with van der Waals surface area (Å²) in [6.07, 6.45) is 1.77. The summed E-state index contributed by atoms with van der Waals surface area (Å²) in [5.41, 5.74) is 0. The zero-order valence-corrected chi connectivity index (χ0v) is 9.28. The van der Waals surface area contributed by atoms with E-state index >= 15 is 0 Å². The minimum absolute atomic E-state index is 0.0875. The summed E-state index contributed by atoms with van der Waals surface area (Å²) >= 11 is 0. The van der Waals surface area contributed by atoms with E-state index in [-0.39, 0.29) is 25.4 Å². The van der Waals surface area contributed by atoms with E-state index in [1.165, 1.54) is 12.2 Å². The highest BCUT2D eigenvalue weighted by atomic mass is 32.2. The maximum absolute atomic E-state index is 11.0. The maximum atomic E-state index is 11.0. The van der Waals surface area contributed by atoms with Gasteiger partial charge in [0.1, 0.15) is 0 Å². The molecule has 0 radical (unpaired) electrons. The van der Waals surface area contributed by atoms with Gasteiger partial charge in [-0.25, -0.2) is 0 Å². The maximum Gasteiger partial charge on any atom is 0.270 e. The number of aliphatic hydroxyl groups excluding tert-OH is 1. The second-order valence-corrected chi connectivity index (χ2v) is 4.38. The van der Waals surface area contributed by atoms with Crippen LogP contribution in [-0.4, -0.2) is 38.8 Å². The molecule has 0 aromatic heterocycles. The molecule has 0 saturated heterocycles. The summed E-state index contributed by atoms with van der Waals surface area (Å²) in [6, 6.07) is 0. The summed E-state index contributed by atoms with van der Waals surface area (Å²) in [5, 5.41) is 9.14. The van der Waals surface area contributed by atoms with E-state index in [1.807, 2.05) is 0 Å². The topological polar surface area (TPSA) is 72.8 Å². The van der Waals surface area contributed by atoms with Crippen LogP contribution in [0.5, 0.6) is 0 Å². The molecule has 1 N–H and O–H groups in total.